The van der Waals surface area contributed by atoms with Crippen LogP contribution in [-0.4, -0.2) is 52.4 Å². The number of amides is 2. The van der Waals surface area contributed by atoms with Crippen molar-refractivity contribution in [1.29, 1.82) is 0 Å². The van der Waals surface area contributed by atoms with Crippen LogP contribution in [0.25, 0.3) is 5.82 Å². The number of primary amides is 1. The zero-order valence-corrected chi connectivity index (χ0v) is 18.3. The molecule has 0 saturated heterocycles. The van der Waals surface area contributed by atoms with Crippen molar-refractivity contribution in [3.8, 4) is 5.75 Å². The zero-order chi connectivity index (χ0) is 24.1. The van der Waals surface area contributed by atoms with Gasteiger partial charge >= 0.3 is 6.36 Å². The predicted molar refractivity (Wildman–Crippen MR) is 113 cm³/mol. The van der Waals surface area contributed by atoms with E-state index in [0.717, 1.165) is 12.1 Å². The molecule has 2 rings (SSSR count). The van der Waals surface area contributed by atoms with Gasteiger partial charge in [-0.15, -0.1) is 13.2 Å². The van der Waals surface area contributed by atoms with Crippen molar-refractivity contribution >= 4 is 46.0 Å². The van der Waals surface area contributed by atoms with Crippen molar-refractivity contribution in [2.75, 3.05) is 7.05 Å². The number of ether oxygens (including phenoxy) is 1. The van der Waals surface area contributed by atoms with Gasteiger partial charge in [0.25, 0.3) is 11.8 Å². The lowest BCUT2D eigenvalue weighted by Crippen LogP contribution is -2.29. The van der Waals surface area contributed by atoms with E-state index in [4.69, 9.17) is 5.73 Å². The SMILES string of the molecule is C=N/C(=C\C(=NC)C(N)=O)n1ncnc1[C@H](C)NC(=O)c1cc(Br)cc(OC(F)(F)F)c1. The van der Waals surface area contributed by atoms with Crippen molar-refractivity contribution in [3.05, 3.63) is 46.5 Å². The van der Waals surface area contributed by atoms with E-state index in [1.54, 1.807) is 6.92 Å². The van der Waals surface area contributed by atoms with E-state index in [9.17, 15) is 22.8 Å². The number of carbonyl (C=O) groups excluding carboxylic acids is 2. The molecule has 0 aliphatic rings. The van der Waals surface area contributed by atoms with Gasteiger partial charge in [0.15, 0.2) is 11.6 Å². The fourth-order valence-electron chi connectivity index (χ4n) is 2.50. The van der Waals surface area contributed by atoms with E-state index in [2.05, 4.69) is 52.8 Å². The minimum Gasteiger partial charge on any atom is -0.406 e. The average molecular weight is 516 g/mol. The van der Waals surface area contributed by atoms with Gasteiger partial charge in [0, 0.05) is 23.2 Å². The summed E-state index contributed by atoms with van der Waals surface area (Å²) < 4.78 is 42.8. The lowest BCUT2D eigenvalue weighted by molar-refractivity contribution is -0.274. The maximum absolute atomic E-state index is 12.6. The lowest BCUT2D eigenvalue weighted by Gasteiger charge is -2.16. The lowest BCUT2D eigenvalue weighted by atomic mass is 10.2. The number of nitrogens with zero attached hydrogens (tertiary/aromatic N) is 5. The number of carbonyl (C=O) groups is 2. The van der Waals surface area contributed by atoms with Crippen LogP contribution in [0.3, 0.4) is 0 Å². The largest absolute Gasteiger partial charge is 0.573 e. The van der Waals surface area contributed by atoms with Crippen LogP contribution in [-0.2, 0) is 4.79 Å². The maximum atomic E-state index is 12.6. The highest BCUT2D eigenvalue weighted by molar-refractivity contribution is 9.10. The van der Waals surface area contributed by atoms with Crippen LogP contribution >= 0.6 is 15.9 Å². The number of hydrogen-bond acceptors (Lipinski definition) is 7. The molecule has 1 aromatic carbocycles. The third-order valence-corrected chi connectivity index (χ3v) is 4.27. The zero-order valence-electron chi connectivity index (χ0n) is 16.7. The summed E-state index contributed by atoms with van der Waals surface area (Å²) in [5.41, 5.74) is 5.04. The Morgan fingerprint density at radius 2 is 2.06 bits per heavy atom. The molecule has 0 radical (unpaired) electrons. The van der Waals surface area contributed by atoms with Crippen LogP contribution in [0.15, 0.2) is 45.1 Å². The predicted octanol–water partition coefficient (Wildman–Crippen LogP) is 2.49. The molecule has 0 aliphatic heterocycles. The molecule has 2 amide bonds. The molecule has 1 heterocycles. The number of halogens is 4. The topological polar surface area (TPSA) is 137 Å². The second kappa shape index (κ2) is 10.2. The van der Waals surface area contributed by atoms with Gasteiger partial charge in [-0.05, 0) is 31.8 Å². The Morgan fingerprint density at radius 1 is 1.38 bits per heavy atom. The van der Waals surface area contributed by atoms with Gasteiger partial charge in [-0.25, -0.2) is 9.98 Å². The van der Waals surface area contributed by atoms with Crippen molar-refractivity contribution in [1.82, 2.24) is 20.1 Å². The summed E-state index contributed by atoms with van der Waals surface area (Å²) in [6.07, 6.45) is -2.50. The molecular weight excluding hydrogens is 499 g/mol. The van der Waals surface area contributed by atoms with Crippen LogP contribution < -0.4 is 15.8 Å². The van der Waals surface area contributed by atoms with Gasteiger partial charge in [0.1, 0.15) is 17.8 Å². The Kier molecular flexibility index (Phi) is 7.86. The fourth-order valence-corrected chi connectivity index (χ4v) is 2.97. The normalized spacial score (nSPS) is 13.4. The molecule has 0 fully saturated rings. The molecule has 10 nitrogen and oxygen atoms in total. The highest BCUT2D eigenvalue weighted by atomic mass is 79.9. The van der Waals surface area contributed by atoms with Gasteiger partial charge in [0.05, 0.1) is 6.04 Å². The highest BCUT2D eigenvalue weighted by Crippen LogP contribution is 2.27. The van der Waals surface area contributed by atoms with Crippen LogP contribution in [0.5, 0.6) is 5.75 Å². The monoisotopic (exact) mass is 515 g/mol. The minimum atomic E-state index is -4.91. The quantitative estimate of drug-likeness (QED) is 0.520. The Hall–Kier alpha value is -3.55. The molecule has 0 saturated carbocycles. The molecule has 14 heteroatoms. The Bertz CT molecular complexity index is 1100. The summed E-state index contributed by atoms with van der Waals surface area (Å²) in [5.74, 6) is -1.82. The molecule has 0 aliphatic carbocycles. The molecule has 0 bridgehead atoms. The van der Waals surface area contributed by atoms with Crippen molar-refractivity contribution < 1.29 is 27.5 Å². The van der Waals surface area contributed by atoms with Gasteiger partial charge in [-0.1, -0.05) is 15.9 Å². The first kappa shape index (κ1) is 24.7. The van der Waals surface area contributed by atoms with E-state index in [0.29, 0.717) is 0 Å². The summed E-state index contributed by atoms with van der Waals surface area (Å²) in [6.45, 7) is 4.97. The third kappa shape index (κ3) is 6.47. The number of benzene rings is 1. The first-order chi connectivity index (χ1) is 14.9. The second-order valence-corrected chi connectivity index (χ2v) is 7.00. The van der Waals surface area contributed by atoms with Gasteiger partial charge in [0.2, 0.25) is 0 Å². The number of alkyl halides is 3. The van der Waals surface area contributed by atoms with Gasteiger partial charge in [-0.3, -0.25) is 14.6 Å². The third-order valence-electron chi connectivity index (χ3n) is 3.81. The van der Waals surface area contributed by atoms with E-state index in [1.807, 2.05) is 0 Å². The van der Waals surface area contributed by atoms with Crippen molar-refractivity contribution in [2.45, 2.75) is 19.3 Å². The Labute approximate surface area is 188 Å². The van der Waals surface area contributed by atoms with Gasteiger partial charge < -0.3 is 15.8 Å². The Balaban J connectivity index is 2.30. The number of aliphatic imine (C=N–C) groups is 2. The molecule has 2 aromatic rings. The van der Waals surface area contributed by atoms with E-state index >= 15 is 0 Å². The van der Waals surface area contributed by atoms with Gasteiger partial charge in [-0.2, -0.15) is 9.78 Å². The number of nitrogens with two attached hydrogens (primary N) is 1. The first-order valence-corrected chi connectivity index (χ1v) is 9.47. The van der Waals surface area contributed by atoms with E-state index < -0.39 is 30.0 Å². The molecule has 1 atom stereocenters. The summed E-state index contributed by atoms with van der Waals surface area (Å²) >= 11 is 3.05. The maximum Gasteiger partial charge on any atom is 0.573 e. The van der Waals surface area contributed by atoms with Crippen molar-refractivity contribution in [2.24, 2.45) is 15.7 Å². The average Bonchev–Trinajstić information content (AvgIpc) is 3.16. The van der Waals surface area contributed by atoms with Crippen LogP contribution in [0.1, 0.15) is 29.1 Å². The Morgan fingerprint density at radius 3 is 2.62 bits per heavy atom. The van der Waals surface area contributed by atoms with E-state index in [1.165, 1.54) is 30.2 Å². The van der Waals surface area contributed by atoms with Crippen molar-refractivity contribution in [3.63, 3.8) is 0 Å². The highest BCUT2D eigenvalue weighted by Gasteiger charge is 2.31. The minimum absolute atomic E-state index is 0.0568. The van der Waals surface area contributed by atoms with E-state index in [-0.39, 0.29) is 27.4 Å². The van der Waals surface area contributed by atoms with Crippen LogP contribution in [0.2, 0.25) is 0 Å². The fraction of sp³-hybridized carbons (Fsp3) is 0.222. The standard InChI is InChI=1S/C18H17BrF3N7O3/c1-9(16-26-8-27-29(16)14(25-3)7-13(24-2)15(23)30)28-17(31)10-4-11(19)6-12(5-10)32-18(20,21)22/h4-9H,3H2,1-2H3,(H2,23,30)(H,28,31)/b14-7+,24-13?/t9-/m0/s1. The molecular formula is C18H17BrF3N7O3. The molecule has 0 spiro atoms. The molecule has 170 valence electrons. The summed E-state index contributed by atoms with van der Waals surface area (Å²) in [5, 5.41) is 6.59. The molecule has 3 N–H and O–H groups in total. The summed E-state index contributed by atoms with van der Waals surface area (Å²) in [7, 11) is 1.36. The molecule has 0 unspecified atom stereocenters. The molecule has 32 heavy (non-hydrogen) atoms. The summed E-state index contributed by atoms with van der Waals surface area (Å²) in [6, 6.07) is 2.56. The second-order valence-electron chi connectivity index (χ2n) is 6.08. The molecule has 1 aromatic heterocycles. The number of nitrogens with one attached hydrogen (secondary N) is 1. The number of aromatic nitrogens is 3. The number of rotatable bonds is 8. The first-order valence-electron chi connectivity index (χ1n) is 8.67. The van der Waals surface area contributed by atoms with Crippen LogP contribution in [0.4, 0.5) is 13.2 Å². The van der Waals surface area contributed by atoms with Crippen LogP contribution in [0, 0.1) is 0 Å². The summed E-state index contributed by atoms with van der Waals surface area (Å²) in [4.78, 5) is 35.6. The smallest absolute Gasteiger partial charge is 0.406 e. The number of hydrogen-bond donors (Lipinski definition) is 2.